The first-order valence-electron chi connectivity index (χ1n) is 4.99. The van der Waals surface area contributed by atoms with Crippen LogP contribution in [0.1, 0.15) is 25.0 Å². The maximum atomic E-state index is 12.4. The van der Waals surface area contributed by atoms with Crippen LogP contribution in [0, 0.1) is 0 Å². The van der Waals surface area contributed by atoms with E-state index in [-0.39, 0.29) is 11.7 Å². The third-order valence-electron chi connectivity index (χ3n) is 2.14. The highest BCUT2D eigenvalue weighted by Crippen LogP contribution is 2.33. The highest BCUT2D eigenvalue weighted by Gasteiger charge is 2.32. The van der Waals surface area contributed by atoms with E-state index in [1.807, 2.05) is 13.8 Å². The van der Waals surface area contributed by atoms with E-state index in [0.29, 0.717) is 6.54 Å². The molecule has 0 radical (unpaired) electrons. The molecule has 0 unspecified atom stereocenters. The van der Waals surface area contributed by atoms with Crippen molar-refractivity contribution in [3.63, 3.8) is 0 Å². The van der Waals surface area contributed by atoms with Crippen LogP contribution in [0.4, 0.5) is 18.9 Å². The molecular weight excluding hydrogens is 217 g/mol. The summed E-state index contributed by atoms with van der Waals surface area (Å²) in [5.41, 5.74) is 5.11. The second kappa shape index (κ2) is 4.74. The van der Waals surface area contributed by atoms with E-state index in [1.54, 1.807) is 0 Å². The Hall–Kier alpha value is -1.23. The van der Waals surface area contributed by atoms with Crippen molar-refractivity contribution in [2.75, 3.05) is 5.73 Å². The smallest absolute Gasteiger partial charge is 0.398 e. The number of nitrogens with two attached hydrogens (primary N) is 1. The standard InChI is InChI=1S/C11H15F3N2/c1-7(2)16-6-8-3-4-9(10(15)5-8)11(12,13)14/h3-5,7,16H,6,15H2,1-2H3. The zero-order valence-electron chi connectivity index (χ0n) is 9.23. The zero-order chi connectivity index (χ0) is 12.3. The Morgan fingerprint density at radius 1 is 1.31 bits per heavy atom. The van der Waals surface area contributed by atoms with Gasteiger partial charge in [0.15, 0.2) is 0 Å². The van der Waals surface area contributed by atoms with Gasteiger partial charge in [0.2, 0.25) is 0 Å². The number of hydrogen-bond donors (Lipinski definition) is 2. The monoisotopic (exact) mass is 232 g/mol. The van der Waals surface area contributed by atoms with Crippen LogP contribution in [0.15, 0.2) is 18.2 Å². The molecular formula is C11H15F3N2. The largest absolute Gasteiger partial charge is 0.418 e. The first-order chi connectivity index (χ1) is 7.30. The summed E-state index contributed by atoms with van der Waals surface area (Å²) in [6, 6.07) is 4.10. The summed E-state index contributed by atoms with van der Waals surface area (Å²) in [6.07, 6.45) is -4.38. The molecule has 1 aromatic rings. The van der Waals surface area contributed by atoms with Crippen molar-refractivity contribution in [3.8, 4) is 0 Å². The van der Waals surface area contributed by atoms with Gasteiger partial charge in [-0.1, -0.05) is 19.9 Å². The van der Waals surface area contributed by atoms with Crippen LogP contribution in [-0.2, 0) is 12.7 Å². The van der Waals surface area contributed by atoms with E-state index < -0.39 is 11.7 Å². The molecule has 0 aliphatic carbocycles. The number of nitrogen functional groups attached to an aromatic ring is 1. The number of rotatable bonds is 3. The molecule has 2 nitrogen and oxygen atoms in total. The van der Waals surface area contributed by atoms with Gasteiger partial charge in [0.1, 0.15) is 0 Å². The maximum Gasteiger partial charge on any atom is 0.418 e. The predicted molar refractivity (Wildman–Crippen MR) is 57.8 cm³/mol. The Kier molecular flexibility index (Phi) is 3.80. The summed E-state index contributed by atoms with van der Waals surface area (Å²) in [5, 5.41) is 3.11. The van der Waals surface area contributed by atoms with E-state index in [2.05, 4.69) is 5.32 Å². The number of halogens is 3. The Labute approximate surface area is 92.6 Å². The van der Waals surface area contributed by atoms with Gasteiger partial charge in [0.25, 0.3) is 0 Å². The van der Waals surface area contributed by atoms with Gasteiger partial charge in [-0.25, -0.2) is 0 Å². The van der Waals surface area contributed by atoms with Gasteiger partial charge < -0.3 is 11.1 Å². The van der Waals surface area contributed by atoms with Gasteiger partial charge in [0, 0.05) is 18.3 Å². The molecule has 0 heterocycles. The predicted octanol–water partition coefficient (Wildman–Crippen LogP) is 2.79. The molecule has 0 aliphatic rings. The zero-order valence-corrected chi connectivity index (χ0v) is 9.23. The SMILES string of the molecule is CC(C)NCc1ccc(C(F)(F)F)c(N)c1. The maximum absolute atomic E-state index is 12.4. The molecule has 0 bridgehead atoms. The molecule has 5 heteroatoms. The Balaban J connectivity index is 2.83. The highest BCUT2D eigenvalue weighted by atomic mass is 19.4. The minimum absolute atomic E-state index is 0.226. The van der Waals surface area contributed by atoms with Crippen LogP contribution in [0.5, 0.6) is 0 Å². The van der Waals surface area contributed by atoms with Crippen molar-refractivity contribution < 1.29 is 13.2 Å². The Bertz CT molecular complexity index is 359. The van der Waals surface area contributed by atoms with Crippen molar-refractivity contribution in [1.29, 1.82) is 0 Å². The molecule has 0 fully saturated rings. The second-order valence-electron chi connectivity index (χ2n) is 3.95. The quantitative estimate of drug-likeness (QED) is 0.786. The minimum atomic E-state index is -4.38. The number of alkyl halides is 3. The summed E-state index contributed by atoms with van der Waals surface area (Å²) in [7, 11) is 0. The molecule has 0 aromatic heterocycles. The Morgan fingerprint density at radius 3 is 2.38 bits per heavy atom. The molecule has 3 N–H and O–H groups in total. The lowest BCUT2D eigenvalue weighted by atomic mass is 10.1. The summed E-state index contributed by atoms with van der Waals surface area (Å²) in [4.78, 5) is 0. The summed E-state index contributed by atoms with van der Waals surface area (Å²) < 4.78 is 37.2. The molecule has 0 amide bonds. The minimum Gasteiger partial charge on any atom is -0.398 e. The fourth-order valence-electron chi connectivity index (χ4n) is 1.30. The molecule has 16 heavy (non-hydrogen) atoms. The first kappa shape index (κ1) is 12.8. The van der Waals surface area contributed by atoms with E-state index >= 15 is 0 Å². The molecule has 0 aliphatic heterocycles. The third kappa shape index (κ3) is 3.41. The number of anilines is 1. The van der Waals surface area contributed by atoms with Gasteiger partial charge in [0.05, 0.1) is 5.56 Å². The fourth-order valence-corrected chi connectivity index (χ4v) is 1.30. The molecule has 1 rings (SSSR count). The lowest BCUT2D eigenvalue weighted by molar-refractivity contribution is -0.136. The Morgan fingerprint density at radius 2 is 1.94 bits per heavy atom. The highest BCUT2D eigenvalue weighted by molar-refractivity contribution is 5.50. The van der Waals surface area contributed by atoms with Crippen LogP contribution in [0.25, 0.3) is 0 Å². The van der Waals surface area contributed by atoms with Crippen LogP contribution in [-0.4, -0.2) is 6.04 Å². The van der Waals surface area contributed by atoms with E-state index in [0.717, 1.165) is 11.6 Å². The van der Waals surface area contributed by atoms with Gasteiger partial charge >= 0.3 is 6.18 Å². The molecule has 1 aromatic carbocycles. The van der Waals surface area contributed by atoms with Crippen molar-refractivity contribution in [3.05, 3.63) is 29.3 Å². The average Bonchev–Trinajstić information content (AvgIpc) is 2.12. The van der Waals surface area contributed by atoms with E-state index in [4.69, 9.17) is 5.73 Å². The fraction of sp³-hybridized carbons (Fsp3) is 0.455. The molecule has 0 saturated carbocycles. The molecule has 0 spiro atoms. The van der Waals surface area contributed by atoms with Crippen molar-refractivity contribution in [1.82, 2.24) is 5.32 Å². The number of nitrogens with one attached hydrogen (secondary N) is 1. The van der Waals surface area contributed by atoms with Crippen molar-refractivity contribution in [2.24, 2.45) is 0 Å². The van der Waals surface area contributed by atoms with Crippen molar-refractivity contribution >= 4 is 5.69 Å². The lowest BCUT2D eigenvalue weighted by Gasteiger charge is -2.12. The van der Waals surface area contributed by atoms with E-state index in [9.17, 15) is 13.2 Å². The summed E-state index contributed by atoms with van der Waals surface area (Å²) >= 11 is 0. The molecule has 90 valence electrons. The van der Waals surface area contributed by atoms with Gasteiger partial charge in [-0.15, -0.1) is 0 Å². The van der Waals surface area contributed by atoms with Crippen LogP contribution >= 0.6 is 0 Å². The van der Waals surface area contributed by atoms with Gasteiger partial charge in [-0.3, -0.25) is 0 Å². The number of benzene rings is 1. The normalized spacial score (nSPS) is 12.1. The number of hydrogen-bond acceptors (Lipinski definition) is 2. The topological polar surface area (TPSA) is 38.0 Å². The van der Waals surface area contributed by atoms with Crippen LogP contribution in [0.3, 0.4) is 0 Å². The van der Waals surface area contributed by atoms with Crippen LogP contribution < -0.4 is 11.1 Å². The second-order valence-corrected chi connectivity index (χ2v) is 3.95. The van der Waals surface area contributed by atoms with Gasteiger partial charge in [-0.2, -0.15) is 13.2 Å². The third-order valence-corrected chi connectivity index (χ3v) is 2.14. The average molecular weight is 232 g/mol. The van der Waals surface area contributed by atoms with Gasteiger partial charge in [-0.05, 0) is 17.7 Å². The lowest BCUT2D eigenvalue weighted by Crippen LogP contribution is -2.22. The van der Waals surface area contributed by atoms with E-state index in [1.165, 1.54) is 12.1 Å². The summed E-state index contributed by atoms with van der Waals surface area (Å²) in [6.45, 7) is 4.45. The summed E-state index contributed by atoms with van der Waals surface area (Å²) in [5.74, 6) is 0. The first-order valence-corrected chi connectivity index (χ1v) is 4.99. The molecule has 0 atom stereocenters. The van der Waals surface area contributed by atoms with Crippen LogP contribution in [0.2, 0.25) is 0 Å². The van der Waals surface area contributed by atoms with Crippen molar-refractivity contribution in [2.45, 2.75) is 32.6 Å². The molecule has 0 saturated heterocycles.